The van der Waals surface area contributed by atoms with E-state index in [1.54, 1.807) is 7.11 Å². The Hall–Kier alpha value is -1.66. The van der Waals surface area contributed by atoms with Crippen molar-refractivity contribution in [3.63, 3.8) is 0 Å². The number of hydrogen-bond donors (Lipinski definition) is 0. The van der Waals surface area contributed by atoms with Gasteiger partial charge in [-0.1, -0.05) is 0 Å². The highest BCUT2D eigenvalue weighted by atomic mass is 19.1. The lowest BCUT2D eigenvalue weighted by atomic mass is 9.73. The standard InChI is InChI=1S/C18H24FNO4/c1-22-13-18-8-2-10-23-16(18)7-9-20(12-18)17(21)11-24-15-5-3-14(19)4-6-15/h3-6,16H,2,7-13H2,1H3/t16-,18-/m0/s1. The third-order valence-electron chi connectivity index (χ3n) is 4.95. The maximum atomic E-state index is 12.9. The molecule has 1 aromatic rings. The highest BCUT2D eigenvalue weighted by Crippen LogP contribution is 2.40. The molecule has 0 radical (unpaired) electrons. The maximum absolute atomic E-state index is 12.9. The van der Waals surface area contributed by atoms with Crippen LogP contribution >= 0.6 is 0 Å². The summed E-state index contributed by atoms with van der Waals surface area (Å²) in [5.41, 5.74) is -0.114. The molecule has 1 amide bonds. The summed E-state index contributed by atoms with van der Waals surface area (Å²) in [6.45, 7) is 2.65. The summed E-state index contributed by atoms with van der Waals surface area (Å²) >= 11 is 0. The molecule has 0 unspecified atom stereocenters. The number of likely N-dealkylation sites (tertiary alicyclic amines) is 1. The van der Waals surface area contributed by atoms with E-state index in [0.29, 0.717) is 25.4 Å². The zero-order valence-corrected chi connectivity index (χ0v) is 14.0. The number of piperidine rings is 1. The lowest BCUT2D eigenvalue weighted by Crippen LogP contribution is -2.58. The van der Waals surface area contributed by atoms with Gasteiger partial charge in [0, 0.05) is 32.2 Å². The second-order valence-electron chi connectivity index (χ2n) is 6.60. The van der Waals surface area contributed by atoms with Crippen LogP contribution in [0.5, 0.6) is 5.75 Å². The van der Waals surface area contributed by atoms with E-state index in [4.69, 9.17) is 14.2 Å². The number of amides is 1. The molecule has 2 aliphatic heterocycles. The summed E-state index contributed by atoms with van der Waals surface area (Å²) in [5.74, 6) is 0.112. The first-order valence-corrected chi connectivity index (χ1v) is 8.40. The van der Waals surface area contributed by atoms with E-state index >= 15 is 0 Å². The SMILES string of the molecule is COC[C@@]12CCCO[C@H]1CCN(C(=O)COc1ccc(F)cc1)C2. The van der Waals surface area contributed by atoms with E-state index in [9.17, 15) is 9.18 Å². The molecule has 2 aliphatic rings. The van der Waals surface area contributed by atoms with Gasteiger partial charge in [-0.25, -0.2) is 4.39 Å². The maximum Gasteiger partial charge on any atom is 0.260 e. The number of ether oxygens (including phenoxy) is 3. The van der Waals surface area contributed by atoms with Gasteiger partial charge in [0.05, 0.1) is 12.7 Å². The zero-order chi connectivity index (χ0) is 17.0. The third kappa shape index (κ3) is 3.70. The molecule has 0 N–H and O–H groups in total. The van der Waals surface area contributed by atoms with Crippen LogP contribution < -0.4 is 4.74 Å². The van der Waals surface area contributed by atoms with Crippen LogP contribution in [0.3, 0.4) is 0 Å². The molecule has 2 atom stereocenters. The number of rotatable bonds is 5. The van der Waals surface area contributed by atoms with Crippen molar-refractivity contribution in [1.82, 2.24) is 4.90 Å². The third-order valence-corrected chi connectivity index (χ3v) is 4.95. The fraction of sp³-hybridized carbons (Fsp3) is 0.611. The number of carbonyl (C=O) groups is 1. The molecular formula is C18H24FNO4. The van der Waals surface area contributed by atoms with Gasteiger partial charge in [-0.3, -0.25) is 4.79 Å². The lowest BCUT2D eigenvalue weighted by molar-refractivity contribution is -0.163. The molecule has 0 aliphatic carbocycles. The molecule has 24 heavy (non-hydrogen) atoms. The Balaban J connectivity index is 1.59. The highest BCUT2D eigenvalue weighted by Gasteiger charge is 2.47. The Morgan fingerprint density at radius 1 is 1.42 bits per heavy atom. The monoisotopic (exact) mass is 337 g/mol. The molecule has 2 saturated heterocycles. The minimum atomic E-state index is -0.324. The summed E-state index contributed by atoms with van der Waals surface area (Å²) in [4.78, 5) is 14.3. The second-order valence-corrected chi connectivity index (χ2v) is 6.60. The number of nitrogens with zero attached hydrogens (tertiary/aromatic N) is 1. The van der Waals surface area contributed by atoms with E-state index in [2.05, 4.69) is 0 Å². The summed E-state index contributed by atoms with van der Waals surface area (Å²) in [6.07, 6.45) is 2.99. The van der Waals surface area contributed by atoms with Gasteiger partial charge < -0.3 is 19.1 Å². The van der Waals surface area contributed by atoms with Gasteiger partial charge in [0.2, 0.25) is 0 Å². The number of carbonyl (C=O) groups excluding carboxylic acids is 1. The Labute approximate surface area is 141 Å². The lowest BCUT2D eigenvalue weighted by Gasteiger charge is -2.50. The van der Waals surface area contributed by atoms with Gasteiger partial charge in [0.15, 0.2) is 6.61 Å². The van der Waals surface area contributed by atoms with Gasteiger partial charge in [-0.15, -0.1) is 0 Å². The molecule has 1 aromatic carbocycles. The first kappa shape index (κ1) is 17.2. The van der Waals surface area contributed by atoms with Gasteiger partial charge in [0.25, 0.3) is 5.91 Å². The van der Waals surface area contributed by atoms with Crippen LogP contribution in [0.1, 0.15) is 19.3 Å². The van der Waals surface area contributed by atoms with Gasteiger partial charge in [0.1, 0.15) is 11.6 Å². The summed E-state index contributed by atoms with van der Waals surface area (Å²) in [6, 6.07) is 5.68. The Morgan fingerprint density at radius 3 is 2.96 bits per heavy atom. The minimum Gasteiger partial charge on any atom is -0.484 e. The van der Waals surface area contributed by atoms with Crippen LogP contribution in [-0.2, 0) is 14.3 Å². The van der Waals surface area contributed by atoms with Crippen molar-refractivity contribution in [2.45, 2.75) is 25.4 Å². The molecule has 0 aromatic heterocycles. The number of fused-ring (bicyclic) bond motifs is 1. The normalized spacial score (nSPS) is 26.8. The minimum absolute atomic E-state index is 0.0415. The fourth-order valence-corrected chi connectivity index (χ4v) is 3.77. The van der Waals surface area contributed by atoms with Gasteiger partial charge >= 0.3 is 0 Å². The Morgan fingerprint density at radius 2 is 2.21 bits per heavy atom. The van der Waals surface area contributed by atoms with E-state index in [1.165, 1.54) is 24.3 Å². The van der Waals surface area contributed by atoms with Crippen LogP contribution in [0, 0.1) is 11.2 Å². The molecule has 6 heteroatoms. The molecule has 132 valence electrons. The van der Waals surface area contributed by atoms with Crippen LogP contribution in [0.4, 0.5) is 4.39 Å². The largest absolute Gasteiger partial charge is 0.484 e. The predicted molar refractivity (Wildman–Crippen MR) is 86.4 cm³/mol. The van der Waals surface area contributed by atoms with Crippen molar-refractivity contribution in [3.05, 3.63) is 30.1 Å². The van der Waals surface area contributed by atoms with E-state index < -0.39 is 0 Å². The predicted octanol–water partition coefficient (Wildman–Crippen LogP) is 2.25. The summed E-state index contributed by atoms with van der Waals surface area (Å²) < 4.78 is 29.7. The van der Waals surface area contributed by atoms with Crippen LogP contribution in [0.25, 0.3) is 0 Å². The van der Waals surface area contributed by atoms with Crippen molar-refractivity contribution in [2.75, 3.05) is 40.0 Å². The average Bonchev–Trinajstić information content (AvgIpc) is 2.60. The van der Waals surface area contributed by atoms with Crippen molar-refractivity contribution >= 4 is 5.91 Å². The molecular weight excluding hydrogens is 313 g/mol. The quantitative estimate of drug-likeness (QED) is 0.827. The van der Waals surface area contributed by atoms with E-state index in [0.717, 1.165) is 25.9 Å². The number of benzene rings is 1. The average molecular weight is 337 g/mol. The Kier molecular flexibility index (Phi) is 5.36. The summed E-state index contributed by atoms with van der Waals surface area (Å²) in [5, 5.41) is 0. The van der Waals surface area contributed by atoms with E-state index in [-0.39, 0.29) is 29.9 Å². The molecule has 2 fully saturated rings. The fourth-order valence-electron chi connectivity index (χ4n) is 3.77. The molecule has 5 nitrogen and oxygen atoms in total. The smallest absolute Gasteiger partial charge is 0.260 e. The number of methoxy groups -OCH3 is 1. The van der Waals surface area contributed by atoms with E-state index in [1.807, 2.05) is 4.90 Å². The zero-order valence-electron chi connectivity index (χ0n) is 14.0. The van der Waals surface area contributed by atoms with Crippen molar-refractivity contribution in [1.29, 1.82) is 0 Å². The van der Waals surface area contributed by atoms with Crippen molar-refractivity contribution in [2.24, 2.45) is 5.41 Å². The number of hydrogen-bond acceptors (Lipinski definition) is 4. The van der Waals surface area contributed by atoms with Crippen LogP contribution in [0.2, 0.25) is 0 Å². The first-order chi connectivity index (χ1) is 11.6. The molecule has 0 bridgehead atoms. The molecule has 0 spiro atoms. The highest BCUT2D eigenvalue weighted by molar-refractivity contribution is 5.78. The number of halogens is 1. The Bertz CT molecular complexity index is 561. The molecule has 0 saturated carbocycles. The van der Waals surface area contributed by atoms with Crippen LogP contribution in [0.15, 0.2) is 24.3 Å². The van der Waals surface area contributed by atoms with Gasteiger partial charge in [-0.2, -0.15) is 0 Å². The van der Waals surface area contributed by atoms with Gasteiger partial charge in [-0.05, 0) is 43.5 Å². The molecule has 3 rings (SSSR count). The van der Waals surface area contributed by atoms with Crippen LogP contribution in [-0.4, -0.2) is 56.9 Å². The molecule has 2 heterocycles. The van der Waals surface area contributed by atoms with Crippen molar-refractivity contribution < 1.29 is 23.4 Å². The summed E-state index contributed by atoms with van der Waals surface area (Å²) in [7, 11) is 1.69. The van der Waals surface area contributed by atoms with Crippen molar-refractivity contribution in [3.8, 4) is 5.75 Å². The second kappa shape index (κ2) is 7.49. The first-order valence-electron chi connectivity index (χ1n) is 8.40. The topological polar surface area (TPSA) is 48.0 Å².